The molecule has 0 amide bonds. The van der Waals surface area contributed by atoms with E-state index in [1.807, 2.05) is 24.4 Å². The molecule has 7 nitrogen and oxygen atoms in total. The molecule has 1 N–H and O–H groups in total. The third kappa shape index (κ3) is 4.56. The molecule has 2 atom stereocenters. The maximum atomic E-state index is 5.88. The van der Waals surface area contributed by atoms with Gasteiger partial charge in [0.05, 0.1) is 46.9 Å². The van der Waals surface area contributed by atoms with Crippen molar-refractivity contribution in [3.05, 3.63) is 78.4 Å². The second kappa shape index (κ2) is 10.0. The highest BCUT2D eigenvalue weighted by Gasteiger charge is 2.41. The summed E-state index contributed by atoms with van der Waals surface area (Å²) in [6.45, 7) is 5.57. The number of thiocarbonyl (C=S) groups is 1. The van der Waals surface area contributed by atoms with Crippen molar-refractivity contribution in [1.29, 1.82) is 0 Å². The molecule has 1 aromatic carbocycles. The van der Waals surface area contributed by atoms with Crippen LogP contribution in [0.25, 0.3) is 15.3 Å². The summed E-state index contributed by atoms with van der Waals surface area (Å²) in [4.78, 5) is 14.4. The number of fused-ring (bicyclic) bond motifs is 1. The van der Waals surface area contributed by atoms with Gasteiger partial charge in [-0.05, 0) is 55.0 Å². The molecule has 0 spiro atoms. The first-order valence-electron chi connectivity index (χ1n) is 12.1. The van der Waals surface area contributed by atoms with Gasteiger partial charge in [-0.1, -0.05) is 29.5 Å². The predicted octanol–water partition coefficient (Wildman–Crippen LogP) is 4.18. The topological polar surface area (TPSA) is 58.5 Å². The van der Waals surface area contributed by atoms with Crippen molar-refractivity contribution >= 4 is 38.9 Å². The Kier molecular flexibility index (Phi) is 6.47. The molecule has 0 bridgehead atoms. The summed E-state index contributed by atoms with van der Waals surface area (Å²) in [6.07, 6.45) is 5.00. The molecule has 2 aliphatic rings. The summed E-state index contributed by atoms with van der Waals surface area (Å²) < 4.78 is 8.91. The monoisotopic (exact) mass is 504 g/mol. The number of nitrogens with zero attached hydrogens (tertiary/aromatic N) is 5. The largest absolute Gasteiger partial charge is 0.379 e. The lowest BCUT2D eigenvalue weighted by molar-refractivity contribution is 0.0365. The predicted molar refractivity (Wildman–Crippen MR) is 143 cm³/mol. The number of rotatable bonds is 7. The van der Waals surface area contributed by atoms with Gasteiger partial charge < -0.3 is 15.0 Å². The van der Waals surface area contributed by atoms with Crippen molar-refractivity contribution < 1.29 is 4.74 Å². The number of benzene rings is 1. The third-order valence-electron chi connectivity index (χ3n) is 6.75. The maximum Gasteiger partial charge on any atom is 0.194 e. The van der Waals surface area contributed by atoms with E-state index < -0.39 is 0 Å². The van der Waals surface area contributed by atoms with E-state index in [1.165, 1.54) is 10.4 Å². The molecule has 0 saturated carbocycles. The van der Waals surface area contributed by atoms with E-state index in [2.05, 4.69) is 67.3 Å². The molecule has 9 heteroatoms. The molecule has 180 valence electrons. The molecular formula is C26H28N6OS2. The van der Waals surface area contributed by atoms with Crippen molar-refractivity contribution in [2.24, 2.45) is 0 Å². The maximum absolute atomic E-state index is 5.88. The molecule has 35 heavy (non-hydrogen) atoms. The normalized spacial score (nSPS) is 21.0. The fourth-order valence-corrected chi connectivity index (χ4v) is 6.33. The molecule has 2 aliphatic heterocycles. The number of hydrogen-bond donors (Lipinski definition) is 1. The van der Waals surface area contributed by atoms with Crippen LogP contribution in [0.1, 0.15) is 29.9 Å². The lowest BCUT2D eigenvalue weighted by atomic mass is 10.0. The lowest BCUT2D eigenvalue weighted by Gasteiger charge is -2.30. The van der Waals surface area contributed by atoms with Crippen LogP contribution in [0.3, 0.4) is 0 Å². The van der Waals surface area contributed by atoms with Crippen LogP contribution in [-0.2, 0) is 4.74 Å². The van der Waals surface area contributed by atoms with Crippen molar-refractivity contribution in [1.82, 2.24) is 29.7 Å². The van der Waals surface area contributed by atoms with Crippen molar-refractivity contribution in [2.75, 3.05) is 39.4 Å². The van der Waals surface area contributed by atoms with Gasteiger partial charge in [0.25, 0.3) is 0 Å². The van der Waals surface area contributed by atoms with E-state index in [9.17, 15) is 0 Å². The summed E-state index contributed by atoms with van der Waals surface area (Å²) in [6, 6.07) is 18.6. The highest BCUT2D eigenvalue weighted by Crippen LogP contribution is 2.40. The first kappa shape index (κ1) is 22.6. The van der Waals surface area contributed by atoms with E-state index in [4.69, 9.17) is 21.9 Å². The average Bonchev–Trinajstić information content (AvgIpc) is 3.62. The first-order valence-corrected chi connectivity index (χ1v) is 13.3. The number of para-hydroxylation sites is 1. The molecule has 4 aromatic rings. The Bertz CT molecular complexity index is 1270. The van der Waals surface area contributed by atoms with Crippen LogP contribution in [0.2, 0.25) is 0 Å². The van der Waals surface area contributed by atoms with Gasteiger partial charge in [-0.2, -0.15) is 0 Å². The second-order valence-corrected chi connectivity index (χ2v) is 10.3. The van der Waals surface area contributed by atoms with Crippen LogP contribution in [-0.4, -0.2) is 68.8 Å². The van der Waals surface area contributed by atoms with Gasteiger partial charge in [0.2, 0.25) is 0 Å². The average molecular weight is 505 g/mol. The minimum atomic E-state index is -0.0323. The summed E-state index contributed by atoms with van der Waals surface area (Å²) in [7, 11) is 0. The van der Waals surface area contributed by atoms with E-state index in [0.29, 0.717) is 0 Å². The summed E-state index contributed by atoms with van der Waals surface area (Å²) >= 11 is 7.59. The van der Waals surface area contributed by atoms with E-state index in [1.54, 1.807) is 11.3 Å². The highest BCUT2D eigenvalue weighted by atomic mass is 32.1. The SMILES string of the molecule is S=C1N[C@@H](c2ccccn2)[C@H](c2cccn2-c2nc3ccccc3s2)N1CCCN1CCOCC1. The van der Waals surface area contributed by atoms with Crippen LogP contribution >= 0.6 is 23.6 Å². The summed E-state index contributed by atoms with van der Waals surface area (Å²) in [5, 5.41) is 5.33. The fourth-order valence-electron chi connectivity index (χ4n) is 5.03. The van der Waals surface area contributed by atoms with Crippen LogP contribution in [0, 0.1) is 0 Å². The smallest absolute Gasteiger partial charge is 0.194 e. The zero-order chi connectivity index (χ0) is 23.6. The van der Waals surface area contributed by atoms with Gasteiger partial charge in [0, 0.05) is 38.6 Å². The Balaban J connectivity index is 1.33. The fraction of sp³-hybridized carbons (Fsp3) is 0.346. The summed E-state index contributed by atoms with van der Waals surface area (Å²) in [5.74, 6) is 0. The molecule has 6 rings (SSSR count). The third-order valence-corrected chi connectivity index (χ3v) is 8.13. The minimum absolute atomic E-state index is 0.0177. The van der Waals surface area contributed by atoms with Crippen LogP contribution < -0.4 is 5.32 Å². The molecule has 0 radical (unpaired) electrons. The number of thiazole rings is 1. The molecule has 5 heterocycles. The molecule has 2 saturated heterocycles. The second-order valence-electron chi connectivity index (χ2n) is 8.89. The molecule has 0 unspecified atom stereocenters. The number of aromatic nitrogens is 3. The van der Waals surface area contributed by atoms with Crippen molar-refractivity contribution in [3.63, 3.8) is 0 Å². The van der Waals surface area contributed by atoms with Gasteiger partial charge in [0.1, 0.15) is 0 Å². The van der Waals surface area contributed by atoms with Gasteiger partial charge in [-0.3, -0.25) is 14.5 Å². The quantitative estimate of drug-likeness (QED) is 0.379. The Labute approximate surface area is 214 Å². The van der Waals surface area contributed by atoms with Crippen LogP contribution in [0.4, 0.5) is 0 Å². The van der Waals surface area contributed by atoms with E-state index in [0.717, 1.165) is 67.3 Å². The Morgan fingerprint density at radius 3 is 2.71 bits per heavy atom. The molecule has 3 aromatic heterocycles. The lowest BCUT2D eigenvalue weighted by Crippen LogP contribution is -2.39. The number of nitrogens with one attached hydrogen (secondary N) is 1. The minimum Gasteiger partial charge on any atom is -0.379 e. The van der Waals surface area contributed by atoms with Crippen molar-refractivity contribution in [2.45, 2.75) is 18.5 Å². The molecular weight excluding hydrogens is 476 g/mol. The van der Waals surface area contributed by atoms with E-state index >= 15 is 0 Å². The van der Waals surface area contributed by atoms with Crippen molar-refractivity contribution in [3.8, 4) is 5.13 Å². The van der Waals surface area contributed by atoms with E-state index in [-0.39, 0.29) is 12.1 Å². The van der Waals surface area contributed by atoms with Gasteiger partial charge in [-0.25, -0.2) is 4.98 Å². The zero-order valence-corrected chi connectivity index (χ0v) is 21.0. The van der Waals surface area contributed by atoms with Crippen LogP contribution in [0.15, 0.2) is 67.0 Å². The standard InChI is InChI=1S/C26H28N6OS2/c34-25-29-23(20-8-3-4-11-27-20)24(32(25)14-6-12-30-15-17-33-18-16-30)21-9-5-13-31(21)26-28-19-7-1-2-10-22(19)35-26/h1-5,7-11,13,23-24H,6,12,14-18H2,(H,29,34)/t23-,24-/m0/s1. The molecule has 2 fully saturated rings. The Morgan fingerprint density at radius 2 is 1.89 bits per heavy atom. The Hall–Kier alpha value is -2.85. The number of ether oxygens (including phenoxy) is 1. The van der Waals surface area contributed by atoms with Gasteiger partial charge in [-0.15, -0.1) is 0 Å². The number of morpholine rings is 1. The highest BCUT2D eigenvalue weighted by molar-refractivity contribution is 7.80. The summed E-state index contributed by atoms with van der Waals surface area (Å²) in [5.41, 5.74) is 3.18. The van der Waals surface area contributed by atoms with Crippen LogP contribution in [0.5, 0.6) is 0 Å². The molecule has 0 aliphatic carbocycles. The first-order chi connectivity index (χ1) is 17.3. The van der Waals surface area contributed by atoms with Gasteiger partial charge in [0.15, 0.2) is 10.2 Å². The Morgan fingerprint density at radius 1 is 1.03 bits per heavy atom. The van der Waals surface area contributed by atoms with Gasteiger partial charge >= 0.3 is 0 Å². The number of hydrogen-bond acceptors (Lipinski definition) is 6. The zero-order valence-electron chi connectivity index (χ0n) is 19.4. The number of pyridine rings is 1.